The number of hydrogen-bond donors (Lipinski definition) is 0. The highest BCUT2D eigenvalue weighted by atomic mass is 16.5. The van der Waals surface area contributed by atoms with Gasteiger partial charge in [-0.2, -0.15) is 0 Å². The Kier molecular flexibility index (Phi) is 5.30. The molecule has 3 nitrogen and oxygen atoms in total. The number of methoxy groups -OCH3 is 1. The lowest BCUT2D eigenvalue weighted by Gasteiger charge is -2.41. The van der Waals surface area contributed by atoms with Gasteiger partial charge in [0, 0.05) is 12.7 Å². The van der Waals surface area contributed by atoms with Crippen molar-refractivity contribution in [1.29, 1.82) is 0 Å². The Morgan fingerprint density at radius 2 is 1.87 bits per heavy atom. The van der Waals surface area contributed by atoms with E-state index in [1.54, 1.807) is 0 Å². The molecule has 1 atom stereocenters. The molecule has 0 aromatic heterocycles. The van der Waals surface area contributed by atoms with Crippen LogP contribution in [0, 0.1) is 5.41 Å². The molecule has 1 aliphatic heterocycles. The van der Waals surface area contributed by atoms with Gasteiger partial charge in [0.15, 0.2) is 0 Å². The smallest absolute Gasteiger partial charge is 0.339 e. The Balaban J connectivity index is 2.54. The maximum atomic E-state index is 12.3. The SMILES string of the molecule is CCCN1C=C(C(=O)OC)C(c2ccccc2)=C[C@H]1C(C)(C)C. The molecule has 1 aliphatic rings. The van der Waals surface area contributed by atoms with E-state index in [1.807, 2.05) is 36.5 Å². The van der Waals surface area contributed by atoms with Crippen molar-refractivity contribution in [2.75, 3.05) is 13.7 Å². The number of benzene rings is 1. The van der Waals surface area contributed by atoms with Gasteiger partial charge < -0.3 is 9.64 Å². The van der Waals surface area contributed by atoms with Crippen molar-refractivity contribution < 1.29 is 9.53 Å². The molecule has 0 saturated heterocycles. The molecule has 0 unspecified atom stereocenters. The summed E-state index contributed by atoms with van der Waals surface area (Å²) in [5.74, 6) is -0.284. The van der Waals surface area contributed by atoms with Crippen molar-refractivity contribution in [3.05, 3.63) is 53.7 Å². The first-order chi connectivity index (χ1) is 10.9. The Morgan fingerprint density at radius 1 is 1.22 bits per heavy atom. The van der Waals surface area contributed by atoms with Crippen LogP contribution in [-0.4, -0.2) is 30.6 Å². The summed E-state index contributed by atoms with van der Waals surface area (Å²) < 4.78 is 5.01. The Hall–Kier alpha value is -2.03. The number of carbonyl (C=O) groups excluding carboxylic acids is 1. The second kappa shape index (κ2) is 7.03. The minimum atomic E-state index is -0.284. The zero-order chi connectivity index (χ0) is 17.0. The number of esters is 1. The van der Waals surface area contributed by atoms with Crippen LogP contribution in [0.3, 0.4) is 0 Å². The number of carbonyl (C=O) groups is 1. The molecule has 0 bridgehead atoms. The van der Waals surface area contributed by atoms with Gasteiger partial charge in [0.1, 0.15) is 0 Å². The van der Waals surface area contributed by atoms with Crippen molar-refractivity contribution in [2.45, 2.75) is 40.2 Å². The van der Waals surface area contributed by atoms with Crippen molar-refractivity contribution in [3.8, 4) is 0 Å². The van der Waals surface area contributed by atoms with Crippen LogP contribution in [0.15, 0.2) is 48.2 Å². The highest BCUT2D eigenvalue weighted by Gasteiger charge is 2.33. The standard InChI is InChI=1S/C20H27NO2/c1-6-12-21-14-17(19(22)23-5)16(13-18(21)20(2,3)4)15-10-8-7-9-11-15/h7-11,13-14,18H,6,12H2,1-5H3/t18-/m0/s1. The van der Waals surface area contributed by atoms with Gasteiger partial charge in [-0.15, -0.1) is 0 Å². The molecule has 3 heteroatoms. The van der Waals surface area contributed by atoms with Crippen LogP contribution >= 0.6 is 0 Å². The number of nitrogens with zero attached hydrogens (tertiary/aromatic N) is 1. The van der Waals surface area contributed by atoms with Crippen LogP contribution in [-0.2, 0) is 9.53 Å². The summed E-state index contributed by atoms with van der Waals surface area (Å²) in [5, 5.41) is 0. The van der Waals surface area contributed by atoms with E-state index >= 15 is 0 Å². The van der Waals surface area contributed by atoms with Gasteiger partial charge in [-0.25, -0.2) is 4.79 Å². The topological polar surface area (TPSA) is 29.5 Å². The van der Waals surface area contributed by atoms with Crippen LogP contribution in [0.2, 0.25) is 0 Å². The average molecular weight is 313 g/mol. The van der Waals surface area contributed by atoms with E-state index in [2.05, 4.69) is 38.7 Å². The predicted octanol–water partition coefficient (Wildman–Crippen LogP) is 4.27. The van der Waals surface area contributed by atoms with Gasteiger partial charge in [0.25, 0.3) is 0 Å². The van der Waals surface area contributed by atoms with Gasteiger partial charge in [-0.05, 0) is 23.0 Å². The van der Waals surface area contributed by atoms with Crippen LogP contribution in [0.25, 0.3) is 5.57 Å². The summed E-state index contributed by atoms with van der Waals surface area (Å²) >= 11 is 0. The third kappa shape index (κ3) is 3.84. The summed E-state index contributed by atoms with van der Waals surface area (Å²) in [6, 6.07) is 10.3. The zero-order valence-corrected chi connectivity index (χ0v) is 14.8. The van der Waals surface area contributed by atoms with Crippen molar-refractivity contribution in [1.82, 2.24) is 4.90 Å². The molecular formula is C20H27NO2. The number of hydrogen-bond acceptors (Lipinski definition) is 3. The fraction of sp³-hybridized carbons (Fsp3) is 0.450. The molecule has 2 rings (SSSR count). The van der Waals surface area contributed by atoms with Gasteiger partial charge in [0.2, 0.25) is 0 Å². The van der Waals surface area contributed by atoms with Gasteiger partial charge >= 0.3 is 5.97 Å². The highest BCUT2D eigenvalue weighted by molar-refractivity contribution is 6.06. The van der Waals surface area contributed by atoms with Crippen molar-refractivity contribution in [2.24, 2.45) is 5.41 Å². The Morgan fingerprint density at radius 3 is 2.39 bits per heavy atom. The molecular weight excluding hydrogens is 286 g/mol. The second-order valence-electron chi connectivity index (χ2n) is 7.03. The van der Waals surface area contributed by atoms with Crippen LogP contribution in [0.5, 0.6) is 0 Å². The molecule has 0 spiro atoms. The molecule has 1 heterocycles. The van der Waals surface area contributed by atoms with E-state index in [9.17, 15) is 4.79 Å². The van der Waals surface area contributed by atoms with Crippen LogP contribution in [0.1, 0.15) is 39.7 Å². The molecule has 0 amide bonds. The number of rotatable bonds is 4. The maximum Gasteiger partial charge on any atom is 0.339 e. The Labute approximate surface area is 139 Å². The minimum absolute atomic E-state index is 0.0767. The lowest BCUT2D eigenvalue weighted by Crippen LogP contribution is -2.42. The van der Waals surface area contributed by atoms with Gasteiger partial charge in [-0.1, -0.05) is 64.1 Å². The summed E-state index contributed by atoms with van der Waals surface area (Å²) in [4.78, 5) is 14.6. The van der Waals surface area contributed by atoms with E-state index in [0.717, 1.165) is 24.1 Å². The molecule has 0 aliphatic carbocycles. The van der Waals surface area contributed by atoms with E-state index in [1.165, 1.54) is 7.11 Å². The molecule has 1 aromatic rings. The second-order valence-corrected chi connectivity index (χ2v) is 7.03. The van der Waals surface area contributed by atoms with Crippen molar-refractivity contribution >= 4 is 11.5 Å². The average Bonchev–Trinajstić information content (AvgIpc) is 2.53. The third-order valence-electron chi connectivity index (χ3n) is 4.13. The van der Waals surface area contributed by atoms with Crippen LogP contribution in [0.4, 0.5) is 0 Å². The van der Waals surface area contributed by atoms with Crippen molar-refractivity contribution in [3.63, 3.8) is 0 Å². The molecule has 0 fully saturated rings. The zero-order valence-electron chi connectivity index (χ0n) is 14.8. The van der Waals surface area contributed by atoms with E-state index in [0.29, 0.717) is 5.57 Å². The summed E-state index contributed by atoms with van der Waals surface area (Å²) in [7, 11) is 1.44. The predicted molar refractivity (Wildman–Crippen MR) is 94.8 cm³/mol. The minimum Gasteiger partial charge on any atom is -0.465 e. The van der Waals surface area contributed by atoms with Gasteiger partial charge in [0.05, 0.1) is 18.7 Å². The first kappa shape index (κ1) is 17.3. The summed E-state index contributed by atoms with van der Waals surface area (Å²) in [6.45, 7) is 9.77. The van der Waals surface area contributed by atoms with E-state index in [4.69, 9.17) is 4.74 Å². The first-order valence-corrected chi connectivity index (χ1v) is 8.22. The molecule has 0 saturated carbocycles. The van der Waals surface area contributed by atoms with E-state index in [-0.39, 0.29) is 17.4 Å². The van der Waals surface area contributed by atoms with Gasteiger partial charge in [-0.3, -0.25) is 0 Å². The molecule has 124 valence electrons. The summed E-state index contributed by atoms with van der Waals surface area (Å²) in [6.07, 6.45) is 5.23. The Bertz CT molecular complexity index is 608. The fourth-order valence-electron chi connectivity index (χ4n) is 3.01. The lowest BCUT2D eigenvalue weighted by atomic mass is 9.80. The first-order valence-electron chi connectivity index (χ1n) is 8.22. The third-order valence-corrected chi connectivity index (χ3v) is 4.13. The fourth-order valence-corrected chi connectivity index (χ4v) is 3.01. The van der Waals surface area contributed by atoms with Crippen LogP contribution < -0.4 is 0 Å². The van der Waals surface area contributed by atoms with E-state index < -0.39 is 0 Å². The summed E-state index contributed by atoms with van der Waals surface area (Å²) in [5.41, 5.74) is 2.72. The number of ether oxygens (including phenoxy) is 1. The maximum absolute atomic E-state index is 12.3. The quantitative estimate of drug-likeness (QED) is 0.778. The molecule has 0 N–H and O–H groups in total. The highest BCUT2D eigenvalue weighted by Crippen LogP contribution is 2.36. The largest absolute Gasteiger partial charge is 0.465 e. The molecule has 0 radical (unpaired) electrons. The molecule has 1 aromatic carbocycles. The lowest BCUT2D eigenvalue weighted by molar-refractivity contribution is -0.135. The normalized spacial score (nSPS) is 18.3. The molecule has 23 heavy (non-hydrogen) atoms. The monoisotopic (exact) mass is 313 g/mol.